The number of carbonyl (C=O) groups is 1. The minimum atomic E-state index is -0.323. The largest absolute Gasteiger partial charge is 0.459 e. The number of benzene rings is 2. The number of anilines is 1. The lowest BCUT2D eigenvalue weighted by atomic mass is 10.1. The van der Waals surface area contributed by atoms with E-state index in [9.17, 15) is 4.79 Å². The minimum absolute atomic E-state index is 0.139. The minimum Gasteiger partial charge on any atom is -0.459 e. The van der Waals surface area contributed by atoms with Gasteiger partial charge in [-0.1, -0.05) is 0 Å². The molecule has 4 rings (SSSR count). The fourth-order valence-electron chi connectivity index (χ4n) is 2.60. The van der Waals surface area contributed by atoms with Crippen molar-refractivity contribution in [2.24, 2.45) is 0 Å². The highest BCUT2D eigenvalue weighted by Gasteiger charge is 2.10. The van der Waals surface area contributed by atoms with Crippen molar-refractivity contribution >= 4 is 51.7 Å². The summed E-state index contributed by atoms with van der Waals surface area (Å²) in [6, 6.07) is 16.0. The van der Waals surface area contributed by atoms with Crippen molar-refractivity contribution < 1.29 is 14.3 Å². The van der Waals surface area contributed by atoms with Crippen LogP contribution in [0, 0.1) is 0 Å². The third-order valence-electron chi connectivity index (χ3n) is 3.99. The quantitative estimate of drug-likeness (QED) is 0.442. The molecule has 0 aliphatic carbocycles. The number of amides is 1. The summed E-state index contributed by atoms with van der Waals surface area (Å²) in [6.45, 7) is -0.139. The zero-order valence-electron chi connectivity index (χ0n) is 14.4. The van der Waals surface area contributed by atoms with E-state index in [2.05, 4.69) is 19.4 Å². The standard InChI is InChI=1S/C19H14N4O3S2/c24-10-14-6-8-17(26-14)11-1-4-13(5-2-11)20-19(27)21-18(25)12-3-7-15-16(9-12)23-28-22-15/h1-9,24H,10H2,(H2,20,21,25,27). The van der Waals surface area contributed by atoms with Gasteiger partial charge >= 0.3 is 0 Å². The summed E-state index contributed by atoms with van der Waals surface area (Å²) in [6.07, 6.45) is 0. The maximum absolute atomic E-state index is 12.4. The van der Waals surface area contributed by atoms with E-state index >= 15 is 0 Å². The van der Waals surface area contributed by atoms with E-state index in [1.165, 1.54) is 0 Å². The van der Waals surface area contributed by atoms with Gasteiger partial charge in [0.05, 0.1) is 11.7 Å². The van der Waals surface area contributed by atoms with Crippen LogP contribution in [0.15, 0.2) is 59.0 Å². The Bertz CT molecular complexity index is 1150. The first kappa shape index (κ1) is 18.2. The number of nitrogens with one attached hydrogen (secondary N) is 2. The summed E-state index contributed by atoms with van der Waals surface area (Å²) in [5, 5.41) is 14.9. The van der Waals surface area contributed by atoms with Crippen molar-refractivity contribution in [1.82, 2.24) is 14.1 Å². The Morgan fingerprint density at radius 1 is 1.07 bits per heavy atom. The molecule has 2 aromatic carbocycles. The predicted molar refractivity (Wildman–Crippen MR) is 111 cm³/mol. The van der Waals surface area contributed by atoms with Crippen LogP contribution in [0.5, 0.6) is 0 Å². The summed E-state index contributed by atoms with van der Waals surface area (Å²) < 4.78 is 13.7. The molecule has 3 N–H and O–H groups in total. The number of aromatic nitrogens is 2. The first-order valence-corrected chi connectivity index (χ1v) is 9.41. The molecule has 0 atom stereocenters. The van der Waals surface area contributed by atoms with E-state index < -0.39 is 0 Å². The molecule has 0 fully saturated rings. The van der Waals surface area contributed by atoms with Crippen LogP contribution in [0.25, 0.3) is 22.4 Å². The van der Waals surface area contributed by atoms with Crippen LogP contribution >= 0.6 is 23.9 Å². The molecule has 2 aromatic heterocycles. The molecule has 140 valence electrons. The van der Waals surface area contributed by atoms with Crippen molar-refractivity contribution in [3.8, 4) is 11.3 Å². The second kappa shape index (κ2) is 7.85. The topological polar surface area (TPSA) is 100 Å². The lowest BCUT2D eigenvalue weighted by Crippen LogP contribution is -2.34. The van der Waals surface area contributed by atoms with Gasteiger partial charge in [-0.3, -0.25) is 10.1 Å². The molecule has 0 aliphatic rings. The van der Waals surface area contributed by atoms with Gasteiger partial charge in [-0.15, -0.1) is 0 Å². The van der Waals surface area contributed by atoms with Gasteiger partial charge in [0, 0.05) is 16.8 Å². The number of carbonyl (C=O) groups excluding carboxylic acids is 1. The molecule has 0 radical (unpaired) electrons. The Morgan fingerprint density at radius 3 is 2.61 bits per heavy atom. The number of aliphatic hydroxyl groups is 1. The third-order valence-corrected chi connectivity index (χ3v) is 4.75. The molecule has 2 heterocycles. The fourth-order valence-corrected chi connectivity index (χ4v) is 3.32. The average Bonchev–Trinajstić information content (AvgIpc) is 3.37. The number of hydrogen-bond acceptors (Lipinski definition) is 7. The number of aliphatic hydroxyl groups excluding tert-OH is 1. The lowest BCUT2D eigenvalue weighted by molar-refractivity contribution is 0.0978. The Balaban J connectivity index is 1.39. The van der Waals surface area contributed by atoms with Crippen LogP contribution in [-0.4, -0.2) is 24.9 Å². The molecule has 4 aromatic rings. The Morgan fingerprint density at radius 2 is 1.86 bits per heavy atom. The zero-order valence-corrected chi connectivity index (χ0v) is 16.0. The van der Waals surface area contributed by atoms with Gasteiger partial charge in [0.15, 0.2) is 5.11 Å². The first-order chi connectivity index (χ1) is 13.6. The predicted octanol–water partition coefficient (Wildman–Crippen LogP) is 3.57. The van der Waals surface area contributed by atoms with Crippen LogP contribution in [0.3, 0.4) is 0 Å². The molecule has 0 unspecified atom stereocenters. The summed E-state index contributed by atoms with van der Waals surface area (Å²) in [5.41, 5.74) is 3.48. The Labute approximate surface area is 169 Å². The van der Waals surface area contributed by atoms with Crippen molar-refractivity contribution in [2.75, 3.05) is 5.32 Å². The van der Waals surface area contributed by atoms with Gasteiger partial charge < -0.3 is 14.8 Å². The molecule has 1 amide bonds. The zero-order chi connectivity index (χ0) is 19.5. The van der Waals surface area contributed by atoms with Gasteiger partial charge in [0.2, 0.25) is 0 Å². The van der Waals surface area contributed by atoms with E-state index in [1.807, 2.05) is 24.3 Å². The number of nitrogens with zero attached hydrogens (tertiary/aromatic N) is 2. The number of furan rings is 1. The number of thiocarbonyl (C=S) groups is 1. The smallest absolute Gasteiger partial charge is 0.257 e. The van der Waals surface area contributed by atoms with E-state index in [1.54, 1.807) is 30.3 Å². The van der Waals surface area contributed by atoms with Crippen molar-refractivity contribution in [3.05, 3.63) is 65.9 Å². The van der Waals surface area contributed by atoms with E-state index in [0.717, 1.165) is 28.5 Å². The van der Waals surface area contributed by atoms with Crippen molar-refractivity contribution in [3.63, 3.8) is 0 Å². The number of hydrogen-bond donors (Lipinski definition) is 3. The van der Waals surface area contributed by atoms with Gasteiger partial charge in [0.25, 0.3) is 5.91 Å². The molecular weight excluding hydrogens is 396 g/mol. The Kier molecular flexibility index (Phi) is 5.11. The van der Waals surface area contributed by atoms with Gasteiger partial charge in [-0.05, 0) is 66.8 Å². The number of fused-ring (bicyclic) bond motifs is 1. The monoisotopic (exact) mass is 410 g/mol. The lowest BCUT2D eigenvalue weighted by Gasteiger charge is -2.10. The molecule has 0 spiro atoms. The van der Waals surface area contributed by atoms with Crippen LogP contribution in [0.4, 0.5) is 5.69 Å². The highest BCUT2D eigenvalue weighted by molar-refractivity contribution is 7.80. The highest BCUT2D eigenvalue weighted by Crippen LogP contribution is 2.24. The second-order valence-corrected chi connectivity index (χ2v) is 6.81. The molecule has 0 bridgehead atoms. The van der Waals surface area contributed by atoms with Crippen LogP contribution in [0.2, 0.25) is 0 Å². The molecule has 7 nitrogen and oxygen atoms in total. The second-order valence-electron chi connectivity index (χ2n) is 5.88. The summed E-state index contributed by atoms with van der Waals surface area (Å²) in [7, 11) is 0. The maximum atomic E-state index is 12.4. The van der Waals surface area contributed by atoms with Crippen LogP contribution in [-0.2, 0) is 6.61 Å². The van der Waals surface area contributed by atoms with Gasteiger partial charge in [0.1, 0.15) is 29.2 Å². The molecule has 28 heavy (non-hydrogen) atoms. The molecule has 0 saturated heterocycles. The van der Waals surface area contributed by atoms with Crippen molar-refractivity contribution in [2.45, 2.75) is 6.61 Å². The normalized spacial score (nSPS) is 10.8. The molecule has 9 heteroatoms. The van der Waals surface area contributed by atoms with Crippen molar-refractivity contribution in [1.29, 1.82) is 0 Å². The van der Waals surface area contributed by atoms with Gasteiger partial charge in [-0.25, -0.2) is 0 Å². The van der Waals surface area contributed by atoms with E-state index in [4.69, 9.17) is 21.7 Å². The SMILES string of the molecule is O=C(NC(=S)Nc1ccc(-c2ccc(CO)o2)cc1)c1ccc2nsnc2c1. The van der Waals surface area contributed by atoms with Crippen LogP contribution < -0.4 is 10.6 Å². The summed E-state index contributed by atoms with van der Waals surface area (Å²) in [5.74, 6) is 0.849. The maximum Gasteiger partial charge on any atom is 0.257 e. The van der Waals surface area contributed by atoms with E-state index in [0.29, 0.717) is 22.6 Å². The van der Waals surface area contributed by atoms with Crippen LogP contribution in [0.1, 0.15) is 16.1 Å². The van der Waals surface area contributed by atoms with Gasteiger partial charge in [-0.2, -0.15) is 8.75 Å². The molecular formula is C19H14N4O3S2. The summed E-state index contributed by atoms with van der Waals surface area (Å²) >= 11 is 6.32. The molecule has 0 aliphatic heterocycles. The highest BCUT2D eigenvalue weighted by atomic mass is 32.1. The first-order valence-electron chi connectivity index (χ1n) is 8.27. The fraction of sp³-hybridized carbons (Fsp3) is 0.0526. The van der Waals surface area contributed by atoms with E-state index in [-0.39, 0.29) is 17.6 Å². The molecule has 0 saturated carbocycles. The Hall–Kier alpha value is -3.14. The third kappa shape index (κ3) is 3.91. The number of rotatable bonds is 4. The average molecular weight is 410 g/mol. The summed E-state index contributed by atoms with van der Waals surface area (Å²) in [4.78, 5) is 12.4.